The Labute approximate surface area is 187 Å². The molecule has 0 aliphatic heterocycles. The van der Waals surface area contributed by atoms with Crippen molar-refractivity contribution in [1.29, 1.82) is 0 Å². The van der Waals surface area contributed by atoms with E-state index in [0.29, 0.717) is 17.2 Å². The summed E-state index contributed by atoms with van der Waals surface area (Å²) in [6.45, 7) is 8.34. The number of benzene rings is 2. The van der Waals surface area contributed by atoms with E-state index in [0.717, 1.165) is 21.6 Å². The van der Waals surface area contributed by atoms with Gasteiger partial charge < -0.3 is 14.2 Å². The second kappa shape index (κ2) is 9.83. The topological polar surface area (TPSA) is 57.3 Å². The van der Waals surface area contributed by atoms with Crippen LogP contribution in [0.4, 0.5) is 0 Å². The molecular weight excluding hydrogens is 410 g/mol. The number of aryl methyl sites for hydroxylation is 2. The number of aromatic nitrogens is 1. The zero-order valence-corrected chi connectivity index (χ0v) is 19.9. The van der Waals surface area contributed by atoms with E-state index in [9.17, 15) is 0 Å². The summed E-state index contributed by atoms with van der Waals surface area (Å²) in [6, 6.07) is 10.3. The van der Waals surface area contributed by atoms with Crippen molar-refractivity contribution < 1.29 is 14.2 Å². The molecule has 0 saturated heterocycles. The molecule has 2 aromatic carbocycles. The number of methoxy groups -OCH3 is 3. The normalized spacial score (nSPS) is 12.1. The standard InChI is InChI=1S/C24H29N3O3S/c1-15(2)26-24-27(20(14-31-24)18-9-8-16(3)17(4)12-18)25-13-19-10-11-21(28-5)23(30-7)22(19)29-6/h8-15H,1-7H3. The van der Waals surface area contributed by atoms with Crippen LogP contribution in [-0.2, 0) is 0 Å². The van der Waals surface area contributed by atoms with Gasteiger partial charge in [0.1, 0.15) is 0 Å². The lowest BCUT2D eigenvalue weighted by Crippen LogP contribution is -2.14. The van der Waals surface area contributed by atoms with E-state index in [-0.39, 0.29) is 6.04 Å². The van der Waals surface area contributed by atoms with Crippen molar-refractivity contribution in [2.45, 2.75) is 33.7 Å². The van der Waals surface area contributed by atoms with Crippen molar-refractivity contribution >= 4 is 17.6 Å². The summed E-state index contributed by atoms with van der Waals surface area (Å²) >= 11 is 1.57. The maximum atomic E-state index is 5.59. The second-order valence-electron chi connectivity index (χ2n) is 7.41. The third kappa shape index (κ3) is 4.82. The van der Waals surface area contributed by atoms with Crippen LogP contribution in [0.25, 0.3) is 11.3 Å². The van der Waals surface area contributed by atoms with Crippen LogP contribution < -0.4 is 19.0 Å². The maximum absolute atomic E-state index is 5.59. The van der Waals surface area contributed by atoms with E-state index in [4.69, 9.17) is 24.3 Å². The summed E-state index contributed by atoms with van der Waals surface area (Å²) in [4.78, 5) is 5.59. The molecule has 7 heteroatoms. The van der Waals surface area contributed by atoms with E-state index in [1.54, 1.807) is 38.9 Å². The Morgan fingerprint density at radius 3 is 2.29 bits per heavy atom. The molecule has 0 N–H and O–H groups in total. The third-order valence-electron chi connectivity index (χ3n) is 4.90. The van der Waals surface area contributed by atoms with Crippen LogP contribution in [0.3, 0.4) is 0 Å². The highest BCUT2D eigenvalue weighted by molar-refractivity contribution is 7.07. The number of nitrogens with zero attached hydrogens (tertiary/aromatic N) is 3. The largest absolute Gasteiger partial charge is 0.493 e. The molecular formula is C24H29N3O3S. The molecule has 1 heterocycles. The molecule has 0 saturated carbocycles. The third-order valence-corrected chi connectivity index (χ3v) is 5.73. The molecule has 0 aliphatic rings. The van der Waals surface area contributed by atoms with Crippen molar-refractivity contribution in [3.8, 4) is 28.5 Å². The molecule has 0 radical (unpaired) electrons. The van der Waals surface area contributed by atoms with Gasteiger partial charge in [-0.05, 0) is 57.0 Å². The van der Waals surface area contributed by atoms with E-state index in [1.807, 2.05) is 16.8 Å². The lowest BCUT2D eigenvalue weighted by Gasteiger charge is -2.13. The van der Waals surface area contributed by atoms with Crippen LogP contribution in [0.15, 0.2) is 45.8 Å². The molecule has 164 valence electrons. The Bertz CT molecular complexity index is 1160. The molecule has 3 rings (SSSR count). The summed E-state index contributed by atoms with van der Waals surface area (Å²) in [7, 11) is 4.79. The summed E-state index contributed by atoms with van der Waals surface area (Å²) < 4.78 is 18.3. The fourth-order valence-electron chi connectivity index (χ4n) is 3.17. The van der Waals surface area contributed by atoms with Gasteiger partial charge >= 0.3 is 0 Å². The minimum absolute atomic E-state index is 0.156. The molecule has 6 nitrogen and oxygen atoms in total. The first-order chi connectivity index (χ1) is 14.9. The first kappa shape index (κ1) is 22.6. The van der Waals surface area contributed by atoms with Gasteiger partial charge in [-0.3, -0.25) is 4.99 Å². The Morgan fingerprint density at radius 2 is 1.68 bits per heavy atom. The highest BCUT2D eigenvalue weighted by Crippen LogP contribution is 2.39. The quantitative estimate of drug-likeness (QED) is 0.484. The second-order valence-corrected chi connectivity index (χ2v) is 8.24. The Kier molecular flexibility index (Phi) is 7.17. The summed E-state index contributed by atoms with van der Waals surface area (Å²) in [5.74, 6) is 1.70. The minimum atomic E-state index is 0.156. The summed E-state index contributed by atoms with van der Waals surface area (Å²) in [5.41, 5.74) is 5.36. The summed E-state index contributed by atoms with van der Waals surface area (Å²) in [6.07, 6.45) is 1.76. The minimum Gasteiger partial charge on any atom is -0.493 e. The molecule has 0 atom stereocenters. The molecule has 0 amide bonds. The van der Waals surface area contributed by atoms with Gasteiger partial charge in [0.05, 0.1) is 33.2 Å². The van der Waals surface area contributed by atoms with Gasteiger partial charge in [-0.15, -0.1) is 11.3 Å². The van der Waals surface area contributed by atoms with Crippen molar-refractivity contribution in [2.75, 3.05) is 21.3 Å². The van der Waals surface area contributed by atoms with Crippen LogP contribution in [0.5, 0.6) is 17.2 Å². The number of hydrogen-bond donors (Lipinski definition) is 0. The number of rotatable bonds is 7. The van der Waals surface area contributed by atoms with Gasteiger partial charge in [0, 0.05) is 22.5 Å². The number of thiazole rings is 1. The van der Waals surface area contributed by atoms with Crippen molar-refractivity contribution in [1.82, 2.24) is 4.68 Å². The van der Waals surface area contributed by atoms with E-state index in [2.05, 4.69) is 51.3 Å². The van der Waals surface area contributed by atoms with Crippen LogP contribution >= 0.6 is 11.3 Å². The first-order valence-corrected chi connectivity index (χ1v) is 10.9. The Balaban J connectivity index is 2.15. The highest BCUT2D eigenvalue weighted by Gasteiger charge is 2.15. The first-order valence-electron chi connectivity index (χ1n) is 10.0. The van der Waals surface area contributed by atoms with Gasteiger partial charge in [0.25, 0.3) is 0 Å². The molecule has 0 aliphatic carbocycles. The van der Waals surface area contributed by atoms with Gasteiger partial charge in [-0.1, -0.05) is 12.1 Å². The fraction of sp³-hybridized carbons (Fsp3) is 0.333. The molecule has 0 bridgehead atoms. The van der Waals surface area contributed by atoms with Crippen molar-refractivity contribution in [3.63, 3.8) is 0 Å². The Morgan fingerprint density at radius 1 is 0.935 bits per heavy atom. The smallest absolute Gasteiger partial charge is 0.206 e. The average molecular weight is 440 g/mol. The number of ether oxygens (including phenoxy) is 3. The lowest BCUT2D eigenvalue weighted by atomic mass is 10.1. The zero-order chi connectivity index (χ0) is 22.5. The van der Waals surface area contributed by atoms with Gasteiger partial charge in [-0.25, -0.2) is 4.68 Å². The van der Waals surface area contributed by atoms with Crippen LogP contribution in [0, 0.1) is 13.8 Å². The molecule has 31 heavy (non-hydrogen) atoms. The molecule has 0 unspecified atom stereocenters. The molecule has 0 fully saturated rings. The zero-order valence-electron chi connectivity index (χ0n) is 19.1. The van der Waals surface area contributed by atoms with E-state index < -0.39 is 0 Å². The van der Waals surface area contributed by atoms with E-state index in [1.165, 1.54) is 11.1 Å². The number of hydrogen-bond acceptors (Lipinski definition) is 6. The molecule has 1 aromatic heterocycles. The SMILES string of the molecule is COc1ccc(C=Nn2c(-c3ccc(C)c(C)c3)csc2=NC(C)C)c(OC)c1OC. The van der Waals surface area contributed by atoms with E-state index >= 15 is 0 Å². The molecule has 3 aromatic rings. The average Bonchev–Trinajstić information content (AvgIpc) is 3.14. The lowest BCUT2D eigenvalue weighted by molar-refractivity contribution is 0.324. The maximum Gasteiger partial charge on any atom is 0.206 e. The van der Waals surface area contributed by atoms with Crippen LogP contribution in [0.1, 0.15) is 30.5 Å². The van der Waals surface area contributed by atoms with Crippen molar-refractivity contribution in [2.24, 2.45) is 10.1 Å². The summed E-state index contributed by atoms with van der Waals surface area (Å²) in [5, 5.41) is 6.88. The molecule has 0 spiro atoms. The van der Waals surface area contributed by atoms with Crippen LogP contribution in [-0.4, -0.2) is 38.3 Å². The van der Waals surface area contributed by atoms with Gasteiger partial charge in [0.15, 0.2) is 11.5 Å². The van der Waals surface area contributed by atoms with Gasteiger partial charge in [-0.2, -0.15) is 5.10 Å². The predicted octanol–water partition coefficient (Wildman–Crippen LogP) is 5.05. The highest BCUT2D eigenvalue weighted by atomic mass is 32.1. The Hall–Kier alpha value is -3.06. The monoisotopic (exact) mass is 439 g/mol. The predicted molar refractivity (Wildman–Crippen MR) is 127 cm³/mol. The van der Waals surface area contributed by atoms with Crippen LogP contribution in [0.2, 0.25) is 0 Å². The van der Waals surface area contributed by atoms with Crippen molar-refractivity contribution in [3.05, 3.63) is 57.2 Å². The fourth-order valence-corrected chi connectivity index (χ4v) is 4.14. The van der Waals surface area contributed by atoms with Gasteiger partial charge in [0.2, 0.25) is 10.6 Å².